The molecular weight excluding hydrogens is 1040 g/mol. The monoisotopic (exact) mass is 1090 g/mol. The summed E-state index contributed by atoms with van der Waals surface area (Å²) in [6, 6.07) is 18.6. The highest BCUT2D eigenvalue weighted by atomic mass is 127. The van der Waals surface area contributed by atoms with Crippen LogP contribution in [0, 0.1) is 3.70 Å². The minimum atomic E-state index is -1.44. The Bertz CT molecular complexity index is 2510. The van der Waals surface area contributed by atoms with Gasteiger partial charge in [-0.05, 0) is 130 Å². The third-order valence-corrected chi connectivity index (χ3v) is 10.9. The predicted molar refractivity (Wildman–Crippen MR) is 254 cm³/mol. The van der Waals surface area contributed by atoms with Gasteiger partial charge >= 0.3 is 19.3 Å². The fraction of sp³-hybridized carbons (Fsp3) is 0.381. The van der Waals surface area contributed by atoms with Crippen LogP contribution in [0.25, 0.3) is 33.1 Å². The topological polar surface area (TPSA) is 179 Å². The van der Waals surface area contributed by atoms with Gasteiger partial charge in [0.25, 0.3) is 0 Å². The van der Waals surface area contributed by atoms with Gasteiger partial charge in [-0.2, -0.15) is 19.6 Å². The Labute approximate surface area is 390 Å². The molecule has 62 heavy (non-hydrogen) atoms. The molecule has 16 nitrogen and oxygen atoms in total. The number of hydrogen-bond donors (Lipinski definition) is 2. The number of ether oxygens (including phenoxy) is 4. The molecule has 2 saturated heterocycles. The maximum absolute atomic E-state index is 12.8. The van der Waals surface area contributed by atoms with E-state index in [4.69, 9.17) is 29.0 Å². The van der Waals surface area contributed by atoms with Crippen LogP contribution < -0.4 is 15.3 Å². The van der Waals surface area contributed by atoms with Crippen LogP contribution in [0.3, 0.4) is 0 Å². The first-order valence-electron chi connectivity index (χ1n) is 19.8. The lowest BCUT2D eigenvalue weighted by Gasteiger charge is -2.27. The van der Waals surface area contributed by atoms with Crippen LogP contribution in [0.2, 0.25) is 0 Å². The summed E-state index contributed by atoms with van der Waals surface area (Å²) in [5.41, 5.74) is 2.38. The highest BCUT2D eigenvalue weighted by Crippen LogP contribution is 2.32. The number of anilines is 2. The van der Waals surface area contributed by atoms with E-state index in [1.165, 1.54) is 9.36 Å². The van der Waals surface area contributed by atoms with Crippen molar-refractivity contribution in [2.75, 3.05) is 62.4 Å². The fourth-order valence-electron chi connectivity index (χ4n) is 6.34. The summed E-state index contributed by atoms with van der Waals surface area (Å²) in [5.74, 6) is 1.64. The number of carbonyl (C=O) groups is 2. The van der Waals surface area contributed by atoms with Gasteiger partial charge in [0.2, 0.25) is 0 Å². The van der Waals surface area contributed by atoms with Crippen LogP contribution in [0.4, 0.5) is 21.2 Å². The van der Waals surface area contributed by atoms with Gasteiger partial charge in [-0.15, -0.1) is 0 Å². The van der Waals surface area contributed by atoms with Crippen molar-refractivity contribution in [2.45, 2.75) is 52.7 Å². The normalized spacial score (nSPS) is 14.4. The smallest absolute Gasteiger partial charge is 0.442 e. The second-order valence-corrected chi connectivity index (χ2v) is 19.0. The van der Waals surface area contributed by atoms with Crippen LogP contribution >= 0.6 is 54.5 Å². The SMILES string of the molecule is CC(C)(C)OC(=O)n1nc(-c2ccnc(N3CCOCC3)c2)c2cc(Br)ccc21.CC(C)(C)OC(=O)n1nc(I)c2cc(Br)ccc21.OB(O)c1ccnc(N2CCOCC2)c1. The minimum absolute atomic E-state index is 0.460. The molecule has 2 aromatic carbocycles. The van der Waals surface area contributed by atoms with Crippen molar-refractivity contribution in [2.24, 2.45) is 0 Å². The number of pyridine rings is 2. The predicted octanol–water partition coefficient (Wildman–Crippen LogP) is 7.27. The second-order valence-electron chi connectivity index (χ2n) is 16.2. The van der Waals surface area contributed by atoms with Crippen LogP contribution in [0.1, 0.15) is 41.5 Å². The van der Waals surface area contributed by atoms with E-state index in [1.807, 2.05) is 90.1 Å². The maximum Gasteiger partial charge on any atom is 0.488 e. The Morgan fingerprint density at radius 3 is 1.66 bits per heavy atom. The first-order valence-corrected chi connectivity index (χ1v) is 22.5. The lowest BCUT2D eigenvalue weighted by molar-refractivity contribution is 0.0511. The Kier molecular flexibility index (Phi) is 15.7. The lowest BCUT2D eigenvalue weighted by atomic mass is 9.81. The molecule has 0 radical (unpaired) electrons. The first kappa shape index (κ1) is 47.3. The van der Waals surface area contributed by atoms with Gasteiger partial charge in [0.1, 0.15) is 32.2 Å². The maximum atomic E-state index is 12.8. The minimum Gasteiger partial charge on any atom is -0.442 e. The van der Waals surface area contributed by atoms with Gasteiger partial charge in [-0.1, -0.05) is 31.9 Å². The molecule has 2 N–H and O–H groups in total. The molecule has 328 valence electrons. The highest BCUT2D eigenvalue weighted by Gasteiger charge is 2.25. The number of hydrogen-bond acceptors (Lipinski definition) is 14. The Morgan fingerprint density at radius 2 is 1.15 bits per heavy atom. The molecular formula is C42H48BBr2IN8O8. The summed E-state index contributed by atoms with van der Waals surface area (Å²) in [6.45, 7) is 16.9. The lowest BCUT2D eigenvalue weighted by Crippen LogP contribution is -2.38. The van der Waals surface area contributed by atoms with Crippen LogP contribution in [0.5, 0.6) is 0 Å². The zero-order chi connectivity index (χ0) is 44.8. The largest absolute Gasteiger partial charge is 0.488 e. The first-order chi connectivity index (χ1) is 29.4. The third-order valence-electron chi connectivity index (χ3n) is 9.13. The standard InChI is InChI=1S/C21H23BrN4O3.C12H12BrIN2O2.C9H13BN2O3/c1-21(2,3)29-20(27)26-17-5-4-15(22)13-16(17)19(24-26)14-6-7-23-18(12-14)25-8-10-28-11-9-25;1-12(2,3)18-11(17)16-9-5-4-7(13)6-8(9)10(14)15-16;13-10(14)8-1-2-11-9(7-8)12-3-5-15-6-4-12/h4-7,12-13H,8-11H2,1-3H3;4-6H,1-3H3;1-2,7,13-14H,3-6H2. The van der Waals surface area contributed by atoms with Gasteiger partial charge < -0.3 is 38.8 Å². The fourth-order valence-corrected chi connectivity index (χ4v) is 7.71. The van der Waals surface area contributed by atoms with E-state index in [9.17, 15) is 9.59 Å². The Hall–Kier alpha value is -4.19. The molecule has 0 bridgehead atoms. The highest BCUT2D eigenvalue weighted by molar-refractivity contribution is 14.1. The molecule has 2 fully saturated rings. The zero-order valence-corrected chi connectivity index (χ0v) is 40.5. The van der Waals surface area contributed by atoms with Crippen molar-refractivity contribution in [3.63, 3.8) is 0 Å². The molecule has 8 rings (SSSR count). The quantitative estimate of drug-likeness (QED) is 0.133. The summed E-state index contributed by atoms with van der Waals surface area (Å²) >= 11 is 9.03. The number of rotatable bonds is 4. The molecule has 0 amide bonds. The number of carbonyl (C=O) groups excluding carboxylic acids is 2. The molecule has 2 aliphatic heterocycles. The number of nitrogens with zero attached hydrogens (tertiary/aromatic N) is 8. The van der Waals surface area contributed by atoms with E-state index in [1.54, 1.807) is 24.5 Å². The number of aromatic nitrogens is 6. The van der Waals surface area contributed by atoms with Gasteiger partial charge in [-0.25, -0.2) is 19.6 Å². The average Bonchev–Trinajstić information content (AvgIpc) is 3.78. The van der Waals surface area contributed by atoms with Crippen molar-refractivity contribution < 1.29 is 38.6 Å². The van der Waals surface area contributed by atoms with Gasteiger partial charge in [-0.3, -0.25) is 0 Å². The van der Waals surface area contributed by atoms with E-state index >= 15 is 0 Å². The molecule has 20 heteroatoms. The average molecular weight is 1090 g/mol. The second kappa shape index (κ2) is 20.5. The van der Waals surface area contributed by atoms with E-state index < -0.39 is 30.5 Å². The third kappa shape index (κ3) is 12.5. The van der Waals surface area contributed by atoms with E-state index in [0.29, 0.717) is 43.1 Å². The molecule has 0 unspecified atom stereocenters. The number of benzene rings is 2. The Balaban J connectivity index is 0.000000167. The van der Waals surface area contributed by atoms with E-state index in [2.05, 4.69) is 84.4 Å². The van der Waals surface area contributed by atoms with Crippen LogP contribution in [-0.4, -0.2) is 123 Å². The number of halogens is 3. The van der Waals surface area contributed by atoms with E-state index in [0.717, 1.165) is 72.3 Å². The van der Waals surface area contributed by atoms with Crippen molar-refractivity contribution in [3.05, 3.63) is 85.7 Å². The molecule has 0 atom stereocenters. The van der Waals surface area contributed by atoms with Crippen molar-refractivity contribution in [1.82, 2.24) is 29.5 Å². The zero-order valence-electron chi connectivity index (χ0n) is 35.2. The summed E-state index contributed by atoms with van der Waals surface area (Å²) in [6.07, 6.45) is 2.40. The van der Waals surface area contributed by atoms with Crippen molar-refractivity contribution >= 4 is 113 Å². The molecule has 0 spiro atoms. The van der Waals surface area contributed by atoms with Gasteiger partial charge in [0, 0.05) is 63.9 Å². The molecule has 0 saturated carbocycles. The van der Waals surface area contributed by atoms with Crippen molar-refractivity contribution in [1.29, 1.82) is 0 Å². The summed E-state index contributed by atoms with van der Waals surface area (Å²) in [5, 5.41) is 28.7. The molecule has 6 aromatic rings. The number of fused-ring (bicyclic) bond motifs is 2. The van der Waals surface area contributed by atoms with Crippen LogP contribution in [0.15, 0.2) is 82.0 Å². The molecule has 0 aliphatic carbocycles. The van der Waals surface area contributed by atoms with Gasteiger partial charge in [0.15, 0.2) is 0 Å². The van der Waals surface area contributed by atoms with Crippen LogP contribution in [-0.2, 0) is 18.9 Å². The number of morpholine rings is 2. The summed E-state index contributed by atoms with van der Waals surface area (Å²) in [7, 11) is -1.44. The van der Waals surface area contributed by atoms with E-state index in [-0.39, 0.29) is 0 Å². The Morgan fingerprint density at radius 1 is 0.677 bits per heavy atom. The molecule has 4 aromatic heterocycles. The molecule has 6 heterocycles. The van der Waals surface area contributed by atoms with Gasteiger partial charge in [0.05, 0.1) is 37.5 Å². The molecule has 2 aliphatic rings. The summed E-state index contributed by atoms with van der Waals surface area (Å²) in [4.78, 5) is 37.7. The van der Waals surface area contributed by atoms with Crippen molar-refractivity contribution in [3.8, 4) is 11.3 Å². The summed E-state index contributed by atoms with van der Waals surface area (Å²) < 4.78 is 26.8.